The lowest BCUT2D eigenvalue weighted by Gasteiger charge is -2.30. The zero-order valence-electron chi connectivity index (χ0n) is 22.6. The Kier molecular flexibility index (Phi) is 8.97. The van der Waals surface area contributed by atoms with Crippen LogP contribution in [0.4, 0.5) is 10.6 Å². The number of aryl methyl sites for hydroxylation is 1. The molecular formula is C26H36N6O6. The van der Waals surface area contributed by atoms with Gasteiger partial charge in [-0.1, -0.05) is 40.5 Å². The van der Waals surface area contributed by atoms with Crippen molar-refractivity contribution in [1.29, 1.82) is 0 Å². The molecule has 0 saturated carbocycles. The van der Waals surface area contributed by atoms with E-state index in [0.717, 1.165) is 6.42 Å². The van der Waals surface area contributed by atoms with E-state index < -0.39 is 35.3 Å². The number of phenolic OH excluding ortho intramolecular Hbond substituents is 1. The van der Waals surface area contributed by atoms with E-state index in [1.54, 1.807) is 17.7 Å². The molecule has 4 N–H and O–H groups in total. The highest BCUT2D eigenvalue weighted by Gasteiger charge is 2.36. The summed E-state index contributed by atoms with van der Waals surface area (Å²) in [6, 6.07) is 3.58. The molecule has 0 radical (unpaired) electrons. The van der Waals surface area contributed by atoms with Gasteiger partial charge in [-0.3, -0.25) is 14.7 Å². The molecule has 3 rings (SSSR count). The first-order valence-corrected chi connectivity index (χ1v) is 12.6. The molecule has 2 atom stereocenters. The Balaban J connectivity index is 1.87. The van der Waals surface area contributed by atoms with Crippen LogP contribution in [0.1, 0.15) is 65.8 Å². The molecule has 0 bridgehead atoms. The Morgan fingerprint density at radius 3 is 2.53 bits per heavy atom. The van der Waals surface area contributed by atoms with Gasteiger partial charge in [-0.25, -0.2) is 9.78 Å². The number of phenols is 1. The number of carbonyl (C=O) groups excluding carboxylic acids is 3. The Bertz CT molecular complexity index is 1280. The fourth-order valence-electron chi connectivity index (χ4n) is 4.04. The van der Waals surface area contributed by atoms with Gasteiger partial charge in [0, 0.05) is 18.5 Å². The number of hydrogen-bond acceptors (Lipinski definition) is 8. The molecule has 1 aromatic carbocycles. The minimum atomic E-state index is -1.08. The minimum Gasteiger partial charge on any atom is -0.506 e. The lowest BCUT2D eigenvalue weighted by molar-refractivity contribution is -0.136. The van der Waals surface area contributed by atoms with E-state index in [1.807, 2.05) is 34.6 Å². The standard InChI is InChI=1S/C26H36N6O6/c1-7-9-10-15(21(34)24(35)29-18-13-14-27-31-18)28-25(36)38-22(26(3,4)5)23-30-19-16(33)11-12-17(37-8-2)20(19)32(23)6/h11-15,22,33H,7-10H2,1-6H3,(H,28,36)(H2,27,29,31,35)/t15-,22-/m0/s1. The number of nitrogens with one attached hydrogen (secondary N) is 3. The van der Waals surface area contributed by atoms with Crippen LogP contribution in [0, 0.1) is 5.41 Å². The van der Waals surface area contributed by atoms with Gasteiger partial charge < -0.3 is 29.8 Å². The SMILES string of the molecule is CCCC[C@H](NC(=O)O[C@@H](c1nc2c(O)ccc(OCC)c2n1C)C(C)(C)C)C(=O)C(=O)Nc1ccn[nH]1. The van der Waals surface area contributed by atoms with Gasteiger partial charge in [-0.2, -0.15) is 5.10 Å². The molecule has 0 fully saturated rings. The minimum absolute atomic E-state index is 0.0316. The molecule has 2 aromatic heterocycles. The summed E-state index contributed by atoms with van der Waals surface area (Å²) in [6.07, 6.45) is 1.35. The highest BCUT2D eigenvalue weighted by Crippen LogP contribution is 2.40. The van der Waals surface area contributed by atoms with Crippen molar-refractivity contribution in [2.75, 3.05) is 11.9 Å². The molecular weight excluding hydrogens is 492 g/mol. The van der Waals surface area contributed by atoms with Gasteiger partial charge in [0.1, 0.15) is 34.4 Å². The van der Waals surface area contributed by atoms with Gasteiger partial charge in [0.05, 0.1) is 12.8 Å². The maximum absolute atomic E-state index is 13.1. The normalized spacial score (nSPS) is 13.1. The number of amides is 2. The highest BCUT2D eigenvalue weighted by atomic mass is 16.6. The van der Waals surface area contributed by atoms with E-state index in [0.29, 0.717) is 35.6 Å². The molecule has 12 nitrogen and oxygen atoms in total. The van der Waals surface area contributed by atoms with Crippen LogP contribution in [0.3, 0.4) is 0 Å². The number of ketones is 1. The third kappa shape index (κ3) is 6.42. The third-order valence-electron chi connectivity index (χ3n) is 5.97. The number of imidazole rings is 1. The lowest BCUT2D eigenvalue weighted by atomic mass is 9.88. The van der Waals surface area contributed by atoms with Gasteiger partial charge in [0.15, 0.2) is 11.9 Å². The molecule has 3 aromatic rings. The van der Waals surface area contributed by atoms with Gasteiger partial charge >= 0.3 is 6.09 Å². The van der Waals surface area contributed by atoms with Crippen LogP contribution in [0.25, 0.3) is 11.0 Å². The fraction of sp³-hybridized carbons (Fsp3) is 0.500. The van der Waals surface area contributed by atoms with E-state index in [4.69, 9.17) is 9.47 Å². The first kappa shape index (κ1) is 28.5. The zero-order valence-corrected chi connectivity index (χ0v) is 22.6. The fourth-order valence-corrected chi connectivity index (χ4v) is 4.04. The number of fused-ring (bicyclic) bond motifs is 1. The number of aromatic amines is 1. The summed E-state index contributed by atoms with van der Waals surface area (Å²) in [5.41, 5.74) is 0.263. The number of aromatic hydroxyl groups is 1. The maximum atomic E-state index is 13.1. The largest absolute Gasteiger partial charge is 0.506 e. The van der Waals surface area contributed by atoms with Crippen molar-refractivity contribution in [3.63, 3.8) is 0 Å². The van der Waals surface area contributed by atoms with E-state index in [-0.39, 0.29) is 18.0 Å². The number of hydrogen-bond donors (Lipinski definition) is 4. The van der Waals surface area contributed by atoms with Crippen molar-refractivity contribution in [1.82, 2.24) is 25.1 Å². The van der Waals surface area contributed by atoms with E-state index in [1.165, 1.54) is 18.3 Å². The summed E-state index contributed by atoms with van der Waals surface area (Å²) < 4.78 is 13.3. The Labute approximate surface area is 221 Å². The number of anilines is 1. The Morgan fingerprint density at radius 1 is 1.18 bits per heavy atom. The molecule has 206 valence electrons. The predicted molar refractivity (Wildman–Crippen MR) is 141 cm³/mol. The molecule has 0 aliphatic carbocycles. The third-order valence-corrected chi connectivity index (χ3v) is 5.97. The van der Waals surface area contributed by atoms with Crippen LogP contribution in [0.5, 0.6) is 11.5 Å². The number of H-pyrrole nitrogens is 1. The van der Waals surface area contributed by atoms with Crippen molar-refractivity contribution >= 4 is 34.6 Å². The van der Waals surface area contributed by atoms with E-state index in [2.05, 4.69) is 25.8 Å². The number of carbonyl (C=O) groups is 3. The summed E-state index contributed by atoms with van der Waals surface area (Å²) in [5.74, 6) is -0.519. The molecule has 0 aliphatic rings. The summed E-state index contributed by atoms with van der Waals surface area (Å²) in [4.78, 5) is 43.1. The predicted octanol–water partition coefficient (Wildman–Crippen LogP) is 3.98. The number of nitrogens with zero attached hydrogens (tertiary/aromatic N) is 3. The summed E-state index contributed by atoms with van der Waals surface area (Å²) >= 11 is 0. The average molecular weight is 529 g/mol. The Morgan fingerprint density at radius 2 is 1.92 bits per heavy atom. The first-order chi connectivity index (χ1) is 18.0. The number of benzene rings is 1. The van der Waals surface area contributed by atoms with Crippen molar-refractivity contribution in [2.24, 2.45) is 12.5 Å². The van der Waals surface area contributed by atoms with Gasteiger partial charge in [-0.15, -0.1) is 0 Å². The van der Waals surface area contributed by atoms with E-state index >= 15 is 0 Å². The molecule has 2 amide bonds. The highest BCUT2D eigenvalue weighted by molar-refractivity contribution is 6.42. The number of ether oxygens (including phenoxy) is 2. The van der Waals surface area contributed by atoms with Crippen molar-refractivity contribution in [3.05, 3.63) is 30.2 Å². The smallest absolute Gasteiger partial charge is 0.408 e. The molecule has 2 heterocycles. The first-order valence-electron chi connectivity index (χ1n) is 12.6. The quantitative estimate of drug-likeness (QED) is 0.272. The second-order valence-corrected chi connectivity index (χ2v) is 10.0. The number of Topliss-reactive ketones (excluding diaryl/α,β-unsaturated/α-hetero) is 1. The van der Waals surface area contributed by atoms with Crippen LogP contribution in [0.15, 0.2) is 24.4 Å². The van der Waals surface area contributed by atoms with Crippen LogP contribution in [0.2, 0.25) is 0 Å². The molecule has 0 spiro atoms. The van der Waals surface area contributed by atoms with Crippen molar-refractivity contribution in [2.45, 2.75) is 66.0 Å². The number of aromatic nitrogens is 4. The van der Waals surface area contributed by atoms with Crippen LogP contribution in [-0.2, 0) is 21.4 Å². The van der Waals surface area contributed by atoms with E-state index in [9.17, 15) is 19.5 Å². The second kappa shape index (κ2) is 12.0. The summed E-state index contributed by atoms with van der Waals surface area (Å²) in [7, 11) is 1.75. The number of alkyl carbamates (subject to hydrolysis) is 1. The summed E-state index contributed by atoms with van der Waals surface area (Å²) in [5, 5.41) is 21.7. The van der Waals surface area contributed by atoms with Gasteiger partial charge in [0.25, 0.3) is 5.91 Å². The molecule has 0 unspecified atom stereocenters. The van der Waals surface area contributed by atoms with Crippen LogP contribution < -0.4 is 15.4 Å². The zero-order chi connectivity index (χ0) is 28.0. The van der Waals surface area contributed by atoms with Crippen LogP contribution in [-0.4, -0.2) is 55.3 Å². The molecule has 0 saturated heterocycles. The Hall–Kier alpha value is -4.09. The number of unbranched alkanes of at least 4 members (excludes halogenated alkanes) is 1. The summed E-state index contributed by atoms with van der Waals surface area (Å²) in [6.45, 7) is 9.86. The van der Waals surface area contributed by atoms with Crippen molar-refractivity contribution in [3.8, 4) is 11.5 Å². The molecule has 38 heavy (non-hydrogen) atoms. The topological polar surface area (TPSA) is 160 Å². The number of rotatable bonds is 11. The van der Waals surface area contributed by atoms with Crippen LogP contribution >= 0.6 is 0 Å². The molecule has 12 heteroatoms. The van der Waals surface area contributed by atoms with Crippen molar-refractivity contribution < 1.29 is 29.0 Å². The lowest BCUT2D eigenvalue weighted by Crippen LogP contribution is -2.46. The second-order valence-electron chi connectivity index (χ2n) is 10.0. The monoisotopic (exact) mass is 528 g/mol. The molecule has 0 aliphatic heterocycles. The maximum Gasteiger partial charge on any atom is 0.408 e. The van der Waals surface area contributed by atoms with Gasteiger partial charge in [0.2, 0.25) is 5.78 Å². The van der Waals surface area contributed by atoms with Gasteiger partial charge in [-0.05, 0) is 25.5 Å². The average Bonchev–Trinajstić information content (AvgIpc) is 3.49.